The summed E-state index contributed by atoms with van der Waals surface area (Å²) in [5.74, 6) is 0.144. The Balaban J connectivity index is 0.00000280. The van der Waals surface area contributed by atoms with Crippen molar-refractivity contribution in [2.75, 3.05) is 19.6 Å². The van der Waals surface area contributed by atoms with Crippen LogP contribution >= 0.6 is 12.4 Å². The highest BCUT2D eigenvalue weighted by Gasteiger charge is 2.53. The molecule has 1 saturated carbocycles. The number of rotatable bonds is 3. The zero-order chi connectivity index (χ0) is 19.8. The van der Waals surface area contributed by atoms with E-state index in [0.29, 0.717) is 31.8 Å². The molecule has 0 radical (unpaired) electrons. The Morgan fingerprint density at radius 1 is 1.18 bits per heavy atom. The standard InChI is InChI=1S/C20H34N4O3.ClH/c1-19(2,3)14-7-9-20(10-8-14)17(26)24(18(27)22-20)13-16(25)23-11-5-4-6-15(23)12-21;/h14-15H,4-13,21H2,1-3H3,(H,22,27);1H. The van der Waals surface area contributed by atoms with Gasteiger partial charge in [0, 0.05) is 19.1 Å². The highest BCUT2D eigenvalue weighted by molar-refractivity contribution is 6.09. The van der Waals surface area contributed by atoms with Gasteiger partial charge in [-0.2, -0.15) is 0 Å². The van der Waals surface area contributed by atoms with Gasteiger partial charge in [0.05, 0.1) is 0 Å². The van der Waals surface area contributed by atoms with Crippen LogP contribution in [0.25, 0.3) is 0 Å². The number of carbonyl (C=O) groups excluding carboxylic acids is 3. The molecule has 3 aliphatic rings. The van der Waals surface area contributed by atoms with Crippen LogP contribution in [0.2, 0.25) is 0 Å². The molecule has 2 heterocycles. The lowest BCUT2D eigenvalue weighted by Gasteiger charge is -2.40. The van der Waals surface area contributed by atoms with E-state index in [2.05, 4.69) is 26.1 Å². The number of nitrogens with zero attached hydrogens (tertiary/aromatic N) is 2. The molecule has 0 aromatic carbocycles. The van der Waals surface area contributed by atoms with E-state index in [4.69, 9.17) is 5.73 Å². The van der Waals surface area contributed by atoms with Crippen LogP contribution in [-0.4, -0.2) is 58.9 Å². The summed E-state index contributed by atoms with van der Waals surface area (Å²) in [4.78, 5) is 41.2. The molecule has 0 bridgehead atoms. The van der Waals surface area contributed by atoms with Crippen LogP contribution in [0.15, 0.2) is 0 Å². The maximum absolute atomic E-state index is 13.1. The summed E-state index contributed by atoms with van der Waals surface area (Å²) in [7, 11) is 0. The number of imide groups is 1. The largest absolute Gasteiger partial charge is 0.337 e. The molecule has 1 spiro atoms. The van der Waals surface area contributed by atoms with E-state index in [1.165, 1.54) is 0 Å². The van der Waals surface area contributed by atoms with E-state index in [1.807, 2.05) is 0 Å². The number of hydrogen-bond donors (Lipinski definition) is 2. The van der Waals surface area contributed by atoms with Crippen molar-refractivity contribution in [3.05, 3.63) is 0 Å². The molecule has 8 heteroatoms. The molecular formula is C20H35ClN4O3. The third-order valence-electron chi connectivity index (χ3n) is 6.82. The summed E-state index contributed by atoms with van der Waals surface area (Å²) in [6, 6.07) is -0.410. The monoisotopic (exact) mass is 414 g/mol. The first-order valence-electron chi connectivity index (χ1n) is 10.3. The number of halogens is 1. The van der Waals surface area contributed by atoms with Gasteiger partial charge < -0.3 is 16.0 Å². The maximum atomic E-state index is 13.1. The van der Waals surface area contributed by atoms with Gasteiger partial charge in [0.25, 0.3) is 5.91 Å². The summed E-state index contributed by atoms with van der Waals surface area (Å²) >= 11 is 0. The van der Waals surface area contributed by atoms with Crippen LogP contribution in [0.5, 0.6) is 0 Å². The zero-order valence-electron chi connectivity index (χ0n) is 17.3. The van der Waals surface area contributed by atoms with E-state index < -0.39 is 11.6 Å². The molecule has 28 heavy (non-hydrogen) atoms. The first-order valence-corrected chi connectivity index (χ1v) is 10.3. The average Bonchev–Trinajstić information content (AvgIpc) is 2.85. The minimum Gasteiger partial charge on any atom is -0.337 e. The molecule has 1 atom stereocenters. The summed E-state index contributed by atoms with van der Waals surface area (Å²) in [6.07, 6.45) is 6.03. The van der Waals surface area contributed by atoms with Crippen molar-refractivity contribution in [3.8, 4) is 0 Å². The predicted molar refractivity (Wildman–Crippen MR) is 110 cm³/mol. The molecule has 3 N–H and O–H groups in total. The Morgan fingerprint density at radius 2 is 1.82 bits per heavy atom. The van der Waals surface area contributed by atoms with Crippen LogP contribution in [0.4, 0.5) is 4.79 Å². The number of likely N-dealkylation sites (tertiary alicyclic amines) is 1. The molecule has 2 saturated heterocycles. The second kappa shape index (κ2) is 8.57. The minimum atomic E-state index is -0.811. The Morgan fingerprint density at radius 3 is 2.39 bits per heavy atom. The fourth-order valence-electron chi connectivity index (χ4n) is 4.94. The number of carbonyl (C=O) groups is 3. The van der Waals surface area contributed by atoms with Crippen molar-refractivity contribution in [3.63, 3.8) is 0 Å². The molecule has 4 amide bonds. The van der Waals surface area contributed by atoms with Gasteiger partial charge in [-0.05, 0) is 56.3 Å². The van der Waals surface area contributed by atoms with E-state index in [9.17, 15) is 14.4 Å². The molecule has 0 aromatic heterocycles. The van der Waals surface area contributed by atoms with Gasteiger partial charge in [0.15, 0.2) is 0 Å². The van der Waals surface area contributed by atoms with E-state index >= 15 is 0 Å². The summed E-state index contributed by atoms with van der Waals surface area (Å²) in [5, 5.41) is 2.92. The molecule has 1 aliphatic carbocycles. The van der Waals surface area contributed by atoms with Gasteiger partial charge in [-0.15, -0.1) is 12.4 Å². The Kier molecular flexibility index (Phi) is 7.03. The van der Waals surface area contributed by atoms with Crippen LogP contribution < -0.4 is 11.1 Å². The summed E-state index contributed by atoms with van der Waals surface area (Å²) in [5.41, 5.74) is 5.19. The molecule has 3 fully saturated rings. The number of amides is 4. The zero-order valence-corrected chi connectivity index (χ0v) is 18.1. The average molecular weight is 415 g/mol. The molecule has 0 aromatic rings. The van der Waals surface area contributed by atoms with Gasteiger partial charge in [-0.25, -0.2) is 4.79 Å². The minimum absolute atomic E-state index is 0. The summed E-state index contributed by atoms with van der Waals surface area (Å²) < 4.78 is 0. The van der Waals surface area contributed by atoms with Crippen molar-refractivity contribution in [2.45, 2.75) is 77.3 Å². The first kappa shape index (κ1) is 22.9. The summed E-state index contributed by atoms with van der Waals surface area (Å²) in [6.45, 7) is 7.57. The fourth-order valence-corrected chi connectivity index (χ4v) is 4.94. The highest BCUT2D eigenvalue weighted by Crippen LogP contribution is 2.43. The topological polar surface area (TPSA) is 95.7 Å². The third-order valence-corrected chi connectivity index (χ3v) is 6.82. The Labute approximate surface area is 174 Å². The van der Waals surface area contributed by atoms with Gasteiger partial charge >= 0.3 is 6.03 Å². The smallest absolute Gasteiger partial charge is 0.325 e. The van der Waals surface area contributed by atoms with Crippen LogP contribution in [0, 0.1) is 11.3 Å². The quantitative estimate of drug-likeness (QED) is 0.692. The maximum Gasteiger partial charge on any atom is 0.325 e. The molecule has 7 nitrogen and oxygen atoms in total. The van der Waals surface area contributed by atoms with Gasteiger partial charge in [-0.1, -0.05) is 20.8 Å². The lowest BCUT2D eigenvalue weighted by molar-refractivity contribution is -0.141. The number of nitrogens with one attached hydrogen (secondary N) is 1. The highest BCUT2D eigenvalue weighted by atomic mass is 35.5. The van der Waals surface area contributed by atoms with Crippen LogP contribution in [-0.2, 0) is 9.59 Å². The van der Waals surface area contributed by atoms with E-state index in [-0.39, 0.29) is 42.2 Å². The van der Waals surface area contributed by atoms with Gasteiger partial charge in [0.1, 0.15) is 12.1 Å². The van der Waals surface area contributed by atoms with E-state index in [1.54, 1.807) is 4.90 Å². The lowest BCUT2D eigenvalue weighted by atomic mass is 9.67. The second-order valence-electron chi connectivity index (χ2n) is 9.52. The van der Waals surface area contributed by atoms with Crippen LogP contribution in [0.1, 0.15) is 65.7 Å². The third kappa shape index (κ3) is 4.30. The van der Waals surface area contributed by atoms with Crippen molar-refractivity contribution in [1.29, 1.82) is 0 Å². The molecule has 3 rings (SSSR count). The number of urea groups is 1. The lowest BCUT2D eigenvalue weighted by Crippen LogP contribution is -2.53. The SMILES string of the molecule is CC(C)(C)C1CCC2(CC1)NC(=O)N(CC(=O)N1CCCCC1CN)C2=O.Cl. The molecule has 160 valence electrons. The van der Waals surface area contributed by atoms with Crippen molar-refractivity contribution in [2.24, 2.45) is 17.1 Å². The van der Waals surface area contributed by atoms with Gasteiger partial charge in [-0.3, -0.25) is 14.5 Å². The number of nitrogens with two attached hydrogens (primary N) is 1. The second-order valence-corrected chi connectivity index (χ2v) is 9.52. The predicted octanol–water partition coefficient (Wildman–Crippen LogP) is 2.27. The van der Waals surface area contributed by atoms with E-state index in [0.717, 1.165) is 37.0 Å². The van der Waals surface area contributed by atoms with Crippen LogP contribution in [0.3, 0.4) is 0 Å². The Bertz CT molecular complexity index is 611. The van der Waals surface area contributed by atoms with Gasteiger partial charge in [0.2, 0.25) is 5.91 Å². The Hall–Kier alpha value is -1.34. The normalized spacial score (nSPS) is 31.0. The van der Waals surface area contributed by atoms with Crippen molar-refractivity contribution >= 4 is 30.3 Å². The number of hydrogen-bond acceptors (Lipinski definition) is 4. The molecular weight excluding hydrogens is 380 g/mol. The molecule has 2 aliphatic heterocycles. The van der Waals surface area contributed by atoms with Crippen molar-refractivity contribution < 1.29 is 14.4 Å². The first-order chi connectivity index (χ1) is 12.7. The number of piperidine rings is 1. The molecule has 1 unspecified atom stereocenters. The fraction of sp³-hybridized carbons (Fsp3) is 0.850. The van der Waals surface area contributed by atoms with Crippen molar-refractivity contribution in [1.82, 2.24) is 15.1 Å².